The van der Waals surface area contributed by atoms with Crippen molar-refractivity contribution in [2.24, 2.45) is 0 Å². The third-order valence-corrected chi connectivity index (χ3v) is 2.12. The molecule has 0 unspecified atom stereocenters. The van der Waals surface area contributed by atoms with E-state index in [0.29, 0.717) is 12.2 Å². The van der Waals surface area contributed by atoms with Crippen LogP contribution < -0.4 is 5.32 Å². The van der Waals surface area contributed by atoms with Gasteiger partial charge in [0.15, 0.2) is 5.78 Å². The Hall–Kier alpha value is -2.28. The molecule has 0 spiro atoms. The summed E-state index contributed by atoms with van der Waals surface area (Å²) in [4.78, 5) is 22.0. The molecular weight excluding hydrogens is 230 g/mol. The number of ether oxygens (including phenoxy) is 1. The Balaban J connectivity index is 2.48. The molecule has 0 bridgehead atoms. The number of Topliss-reactive ketones (excluding diaryl/α,β-unsaturated/α-hetero) is 1. The highest BCUT2D eigenvalue weighted by molar-refractivity contribution is 5.94. The molecule has 0 saturated heterocycles. The largest absolute Gasteiger partial charge is 0.450 e. The quantitative estimate of drug-likeness (QED) is 0.654. The Bertz CT molecular complexity index is 480. The second kappa shape index (κ2) is 7.13. The van der Waals surface area contributed by atoms with E-state index in [4.69, 9.17) is 0 Å². The van der Waals surface area contributed by atoms with Crippen molar-refractivity contribution in [3.8, 4) is 11.8 Å². The number of ketones is 1. The summed E-state index contributed by atoms with van der Waals surface area (Å²) in [6.07, 6.45) is -0.473. The van der Waals surface area contributed by atoms with Gasteiger partial charge in [-0.25, -0.2) is 4.79 Å². The molecule has 1 aromatic carbocycles. The highest BCUT2D eigenvalue weighted by atomic mass is 16.5. The van der Waals surface area contributed by atoms with Crippen molar-refractivity contribution in [3.63, 3.8) is 0 Å². The van der Waals surface area contributed by atoms with Crippen molar-refractivity contribution in [1.82, 2.24) is 5.32 Å². The van der Waals surface area contributed by atoms with Crippen molar-refractivity contribution in [3.05, 3.63) is 35.4 Å². The van der Waals surface area contributed by atoms with Gasteiger partial charge in [-0.15, -0.1) is 0 Å². The Morgan fingerprint density at radius 3 is 2.50 bits per heavy atom. The van der Waals surface area contributed by atoms with E-state index in [1.54, 1.807) is 31.2 Å². The van der Waals surface area contributed by atoms with E-state index in [1.165, 1.54) is 6.92 Å². The molecule has 0 fully saturated rings. The number of nitrogens with one attached hydrogen (secondary N) is 1. The number of carbonyl (C=O) groups excluding carboxylic acids is 2. The van der Waals surface area contributed by atoms with Crippen molar-refractivity contribution in [2.45, 2.75) is 13.8 Å². The van der Waals surface area contributed by atoms with Gasteiger partial charge in [-0.3, -0.25) is 4.79 Å². The average Bonchev–Trinajstić information content (AvgIpc) is 2.35. The monoisotopic (exact) mass is 245 g/mol. The maximum Gasteiger partial charge on any atom is 0.407 e. The summed E-state index contributed by atoms with van der Waals surface area (Å²) < 4.78 is 4.68. The van der Waals surface area contributed by atoms with Gasteiger partial charge in [0.2, 0.25) is 0 Å². The van der Waals surface area contributed by atoms with Gasteiger partial charge in [-0.1, -0.05) is 24.0 Å². The van der Waals surface area contributed by atoms with E-state index in [9.17, 15) is 9.59 Å². The number of hydrogen-bond donors (Lipinski definition) is 1. The molecule has 1 N–H and O–H groups in total. The normalized spacial score (nSPS) is 9.00. The smallest absolute Gasteiger partial charge is 0.407 e. The topological polar surface area (TPSA) is 55.4 Å². The van der Waals surface area contributed by atoms with Crippen LogP contribution in [0.2, 0.25) is 0 Å². The van der Waals surface area contributed by atoms with E-state index in [1.807, 2.05) is 0 Å². The minimum atomic E-state index is -0.473. The summed E-state index contributed by atoms with van der Waals surface area (Å²) >= 11 is 0. The molecular formula is C14H15NO3. The summed E-state index contributed by atoms with van der Waals surface area (Å²) in [7, 11) is 0. The molecule has 18 heavy (non-hydrogen) atoms. The molecule has 1 aromatic rings. The fraction of sp³-hybridized carbons (Fsp3) is 0.286. The summed E-state index contributed by atoms with van der Waals surface area (Å²) in [5.41, 5.74) is 1.45. The minimum absolute atomic E-state index is 0.0264. The van der Waals surface area contributed by atoms with E-state index in [-0.39, 0.29) is 12.3 Å². The summed E-state index contributed by atoms with van der Waals surface area (Å²) in [5, 5.41) is 2.49. The van der Waals surface area contributed by atoms with Crippen LogP contribution in [-0.4, -0.2) is 25.0 Å². The van der Waals surface area contributed by atoms with Crippen LogP contribution in [0.15, 0.2) is 24.3 Å². The van der Waals surface area contributed by atoms with Gasteiger partial charge in [0.05, 0.1) is 13.2 Å². The second-order valence-corrected chi connectivity index (χ2v) is 3.51. The summed E-state index contributed by atoms with van der Waals surface area (Å²) in [5.74, 6) is 5.70. The van der Waals surface area contributed by atoms with Crippen LogP contribution in [0.1, 0.15) is 29.8 Å². The minimum Gasteiger partial charge on any atom is -0.450 e. The highest BCUT2D eigenvalue weighted by Crippen LogP contribution is 2.03. The first kappa shape index (κ1) is 13.8. The van der Waals surface area contributed by atoms with Crippen LogP contribution in [0.3, 0.4) is 0 Å². The van der Waals surface area contributed by atoms with Crippen LogP contribution >= 0.6 is 0 Å². The zero-order valence-corrected chi connectivity index (χ0v) is 10.4. The predicted molar refractivity (Wildman–Crippen MR) is 68.3 cm³/mol. The second-order valence-electron chi connectivity index (χ2n) is 3.51. The molecule has 0 heterocycles. The van der Waals surface area contributed by atoms with E-state index < -0.39 is 6.09 Å². The predicted octanol–water partition coefficient (Wildman–Crippen LogP) is 1.99. The summed E-state index contributed by atoms with van der Waals surface area (Å²) in [6, 6.07) is 7.00. The molecule has 94 valence electrons. The first-order valence-corrected chi connectivity index (χ1v) is 5.64. The van der Waals surface area contributed by atoms with Crippen molar-refractivity contribution >= 4 is 11.9 Å². The van der Waals surface area contributed by atoms with Crippen molar-refractivity contribution in [1.29, 1.82) is 0 Å². The van der Waals surface area contributed by atoms with Gasteiger partial charge in [0.1, 0.15) is 0 Å². The standard InChI is InChI=1S/C14H15NO3/c1-3-18-14(17)15-10-4-5-12-6-8-13(9-7-12)11(2)16/h6-9H,3,10H2,1-2H3,(H,15,17). The van der Waals surface area contributed by atoms with Crippen LogP contribution in [0.4, 0.5) is 4.79 Å². The third-order valence-electron chi connectivity index (χ3n) is 2.12. The number of benzene rings is 1. The van der Waals surface area contributed by atoms with E-state index in [0.717, 1.165) is 5.56 Å². The summed E-state index contributed by atoms with van der Waals surface area (Å²) in [6.45, 7) is 3.82. The Labute approximate surface area is 106 Å². The highest BCUT2D eigenvalue weighted by Gasteiger charge is 1.97. The third kappa shape index (κ3) is 4.71. The lowest BCUT2D eigenvalue weighted by Gasteiger charge is -1.99. The average molecular weight is 245 g/mol. The molecule has 1 amide bonds. The molecule has 0 atom stereocenters. The first-order chi connectivity index (χ1) is 8.63. The Morgan fingerprint density at radius 1 is 1.28 bits per heavy atom. The van der Waals surface area contributed by atoms with Crippen LogP contribution in [0.5, 0.6) is 0 Å². The molecule has 0 radical (unpaired) electrons. The van der Waals surface area contributed by atoms with Crippen LogP contribution in [0.25, 0.3) is 0 Å². The Kier molecular flexibility index (Phi) is 5.46. The lowest BCUT2D eigenvalue weighted by molar-refractivity contribution is 0.101. The SMILES string of the molecule is CCOC(=O)NCC#Cc1ccc(C(C)=O)cc1. The maximum atomic E-state index is 11.1. The number of rotatable bonds is 3. The van der Waals surface area contributed by atoms with Crippen molar-refractivity contribution in [2.75, 3.05) is 13.2 Å². The zero-order chi connectivity index (χ0) is 13.4. The maximum absolute atomic E-state index is 11.1. The molecule has 0 aliphatic rings. The van der Waals surface area contributed by atoms with Gasteiger partial charge >= 0.3 is 6.09 Å². The molecule has 1 rings (SSSR count). The molecule has 4 nitrogen and oxygen atoms in total. The molecule has 0 aliphatic carbocycles. The molecule has 0 aliphatic heterocycles. The lowest BCUT2D eigenvalue weighted by Crippen LogP contribution is -2.24. The first-order valence-electron chi connectivity index (χ1n) is 5.64. The fourth-order valence-corrected chi connectivity index (χ4v) is 1.23. The van der Waals surface area contributed by atoms with Gasteiger partial charge in [0, 0.05) is 11.1 Å². The van der Waals surface area contributed by atoms with Gasteiger partial charge in [0.25, 0.3) is 0 Å². The molecule has 0 aromatic heterocycles. The van der Waals surface area contributed by atoms with Crippen LogP contribution in [0, 0.1) is 11.8 Å². The van der Waals surface area contributed by atoms with Gasteiger partial charge < -0.3 is 10.1 Å². The number of alkyl carbamates (subject to hydrolysis) is 1. The lowest BCUT2D eigenvalue weighted by atomic mass is 10.1. The number of hydrogen-bond acceptors (Lipinski definition) is 3. The van der Waals surface area contributed by atoms with Crippen molar-refractivity contribution < 1.29 is 14.3 Å². The van der Waals surface area contributed by atoms with Gasteiger partial charge in [-0.05, 0) is 26.0 Å². The zero-order valence-electron chi connectivity index (χ0n) is 10.4. The van der Waals surface area contributed by atoms with Gasteiger partial charge in [-0.2, -0.15) is 0 Å². The van der Waals surface area contributed by atoms with E-state index in [2.05, 4.69) is 21.9 Å². The molecule has 0 saturated carbocycles. The number of carbonyl (C=O) groups is 2. The fourth-order valence-electron chi connectivity index (χ4n) is 1.23. The van der Waals surface area contributed by atoms with E-state index >= 15 is 0 Å². The Morgan fingerprint density at radius 2 is 1.94 bits per heavy atom. The number of amides is 1. The van der Waals surface area contributed by atoms with Crippen LogP contribution in [-0.2, 0) is 4.74 Å². The molecule has 4 heteroatoms.